The molecule has 0 aromatic heterocycles. The number of hydrogen-bond donors (Lipinski definition) is 1. The third-order valence-electron chi connectivity index (χ3n) is 1.78. The van der Waals surface area contributed by atoms with Crippen molar-refractivity contribution in [2.24, 2.45) is 11.7 Å². The van der Waals surface area contributed by atoms with Crippen molar-refractivity contribution in [1.29, 1.82) is 0 Å². The molecule has 1 unspecified atom stereocenters. The van der Waals surface area contributed by atoms with Gasteiger partial charge in [0.1, 0.15) is 0 Å². The molecule has 0 aliphatic rings. The maximum absolute atomic E-state index is 5.94. The van der Waals surface area contributed by atoms with Crippen LogP contribution in [-0.4, -0.2) is 0 Å². The summed E-state index contributed by atoms with van der Waals surface area (Å²) in [5.41, 5.74) is 7.13. The summed E-state index contributed by atoms with van der Waals surface area (Å²) in [6.07, 6.45) is 2.15. The summed E-state index contributed by atoms with van der Waals surface area (Å²) >= 11 is 0. The lowest BCUT2D eigenvalue weighted by atomic mass is 9.98. The molecular formula is C11H16N. The van der Waals surface area contributed by atoms with E-state index >= 15 is 0 Å². The fourth-order valence-corrected chi connectivity index (χ4v) is 1.20. The second-order valence-electron chi connectivity index (χ2n) is 3.37. The van der Waals surface area contributed by atoms with Crippen molar-refractivity contribution in [3.63, 3.8) is 0 Å². The molecule has 1 aromatic carbocycles. The molecule has 65 valence electrons. The van der Waals surface area contributed by atoms with Crippen LogP contribution in [0.15, 0.2) is 30.3 Å². The molecule has 1 heteroatoms. The zero-order valence-electron chi connectivity index (χ0n) is 7.70. The molecule has 0 amide bonds. The molecule has 1 rings (SSSR count). The number of rotatable bonds is 3. The minimum atomic E-state index is 0.0752. The van der Waals surface area contributed by atoms with Gasteiger partial charge in [-0.1, -0.05) is 44.2 Å². The summed E-state index contributed by atoms with van der Waals surface area (Å²) in [4.78, 5) is 0. The largest absolute Gasteiger partial charge is 0.324 e. The van der Waals surface area contributed by atoms with Crippen molar-refractivity contribution in [2.75, 3.05) is 0 Å². The van der Waals surface area contributed by atoms with Gasteiger partial charge in [-0.05, 0) is 17.9 Å². The normalized spacial score (nSPS) is 13.3. The second kappa shape index (κ2) is 4.27. The van der Waals surface area contributed by atoms with Gasteiger partial charge in [-0.25, -0.2) is 0 Å². The Hall–Kier alpha value is -0.820. The van der Waals surface area contributed by atoms with Gasteiger partial charge in [-0.3, -0.25) is 0 Å². The van der Waals surface area contributed by atoms with E-state index in [0.29, 0.717) is 5.92 Å². The first-order valence-corrected chi connectivity index (χ1v) is 4.35. The van der Waals surface area contributed by atoms with Gasteiger partial charge >= 0.3 is 0 Å². The number of hydrogen-bond acceptors (Lipinski definition) is 1. The average molecular weight is 162 g/mol. The third-order valence-corrected chi connectivity index (χ3v) is 1.78. The van der Waals surface area contributed by atoms with Crippen molar-refractivity contribution in [3.8, 4) is 0 Å². The average Bonchev–Trinajstić information content (AvgIpc) is 2.05. The molecule has 12 heavy (non-hydrogen) atoms. The van der Waals surface area contributed by atoms with Crippen LogP contribution in [0.25, 0.3) is 0 Å². The van der Waals surface area contributed by atoms with Crippen LogP contribution in [0.3, 0.4) is 0 Å². The van der Waals surface area contributed by atoms with Gasteiger partial charge in [0.05, 0.1) is 0 Å². The minimum absolute atomic E-state index is 0.0752. The monoisotopic (exact) mass is 162 g/mol. The van der Waals surface area contributed by atoms with Crippen molar-refractivity contribution < 1.29 is 0 Å². The summed E-state index contributed by atoms with van der Waals surface area (Å²) < 4.78 is 0. The van der Waals surface area contributed by atoms with Gasteiger partial charge in [0.25, 0.3) is 0 Å². The molecule has 1 atom stereocenters. The molecule has 0 spiro atoms. The topological polar surface area (TPSA) is 26.0 Å². The highest BCUT2D eigenvalue weighted by molar-refractivity contribution is 5.20. The molecule has 1 aromatic rings. The van der Waals surface area contributed by atoms with Gasteiger partial charge in [-0.2, -0.15) is 0 Å². The zero-order valence-corrected chi connectivity index (χ0v) is 7.70. The van der Waals surface area contributed by atoms with E-state index < -0.39 is 0 Å². The Morgan fingerprint density at radius 3 is 2.25 bits per heavy atom. The van der Waals surface area contributed by atoms with Crippen LogP contribution in [-0.2, 0) is 0 Å². The summed E-state index contributed by atoms with van der Waals surface area (Å²) in [6, 6.07) is 10.2. The summed E-state index contributed by atoms with van der Waals surface area (Å²) in [7, 11) is 0. The van der Waals surface area contributed by atoms with E-state index in [1.54, 1.807) is 0 Å². The number of benzene rings is 1. The van der Waals surface area contributed by atoms with Crippen LogP contribution >= 0.6 is 0 Å². The van der Waals surface area contributed by atoms with E-state index in [4.69, 9.17) is 5.73 Å². The quantitative estimate of drug-likeness (QED) is 0.726. The highest BCUT2D eigenvalue weighted by Gasteiger charge is 2.06. The van der Waals surface area contributed by atoms with Crippen LogP contribution in [0.4, 0.5) is 0 Å². The zero-order chi connectivity index (χ0) is 8.97. The Bertz CT molecular complexity index is 216. The third kappa shape index (κ3) is 2.67. The summed E-state index contributed by atoms with van der Waals surface area (Å²) in [5, 5.41) is 0. The highest BCUT2D eigenvalue weighted by Crippen LogP contribution is 2.16. The Kier molecular flexibility index (Phi) is 3.30. The summed E-state index contributed by atoms with van der Waals surface area (Å²) in [5.74, 6) is 0.542. The molecule has 0 saturated heterocycles. The predicted molar refractivity (Wildman–Crippen MR) is 52.5 cm³/mol. The van der Waals surface area contributed by atoms with Crippen LogP contribution in [0.2, 0.25) is 0 Å². The fourth-order valence-electron chi connectivity index (χ4n) is 1.20. The molecule has 2 N–H and O–H groups in total. The lowest BCUT2D eigenvalue weighted by molar-refractivity contribution is 0.656. The smallest absolute Gasteiger partial charge is 0.0329 e. The van der Waals surface area contributed by atoms with Crippen LogP contribution < -0.4 is 5.73 Å². The van der Waals surface area contributed by atoms with Crippen LogP contribution in [0, 0.1) is 12.3 Å². The lowest BCUT2D eigenvalue weighted by Crippen LogP contribution is -2.13. The lowest BCUT2D eigenvalue weighted by Gasteiger charge is -2.13. The standard InChI is InChI=1S/C11H16N/c1-9(2)8-11(12)10-6-4-3-5-7-10/h3-9,11H,12H2,1-2H3. The Morgan fingerprint density at radius 2 is 1.75 bits per heavy atom. The molecule has 0 fully saturated rings. The van der Waals surface area contributed by atoms with Crippen molar-refractivity contribution in [3.05, 3.63) is 42.3 Å². The van der Waals surface area contributed by atoms with E-state index in [-0.39, 0.29) is 6.04 Å². The molecule has 1 radical (unpaired) electrons. The summed E-state index contributed by atoms with van der Waals surface area (Å²) in [6.45, 7) is 4.28. The maximum Gasteiger partial charge on any atom is 0.0329 e. The Labute approximate surface area is 74.6 Å². The van der Waals surface area contributed by atoms with E-state index in [1.807, 2.05) is 18.2 Å². The number of nitrogens with two attached hydrogens (primary N) is 1. The van der Waals surface area contributed by atoms with Crippen molar-refractivity contribution in [1.82, 2.24) is 0 Å². The van der Waals surface area contributed by atoms with E-state index in [1.165, 1.54) is 5.56 Å². The van der Waals surface area contributed by atoms with Crippen LogP contribution in [0.5, 0.6) is 0 Å². The molecule has 0 aliphatic heterocycles. The molecule has 0 saturated carbocycles. The van der Waals surface area contributed by atoms with Gasteiger partial charge in [0, 0.05) is 6.04 Å². The molecular weight excluding hydrogens is 146 g/mol. The van der Waals surface area contributed by atoms with E-state index in [0.717, 1.165) is 0 Å². The second-order valence-corrected chi connectivity index (χ2v) is 3.37. The Morgan fingerprint density at radius 1 is 1.17 bits per heavy atom. The van der Waals surface area contributed by atoms with Gasteiger partial charge < -0.3 is 5.73 Å². The highest BCUT2D eigenvalue weighted by atomic mass is 14.6. The van der Waals surface area contributed by atoms with Gasteiger partial charge in [0.15, 0.2) is 0 Å². The van der Waals surface area contributed by atoms with Crippen molar-refractivity contribution in [2.45, 2.75) is 19.9 Å². The van der Waals surface area contributed by atoms with Gasteiger partial charge in [-0.15, -0.1) is 0 Å². The van der Waals surface area contributed by atoms with E-state index in [2.05, 4.69) is 32.4 Å². The Balaban J connectivity index is 2.59. The van der Waals surface area contributed by atoms with Crippen molar-refractivity contribution >= 4 is 0 Å². The fraction of sp³-hybridized carbons (Fsp3) is 0.364. The molecule has 0 bridgehead atoms. The maximum atomic E-state index is 5.94. The van der Waals surface area contributed by atoms with Crippen LogP contribution in [0.1, 0.15) is 25.5 Å². The molecule has 0 heterocycles. The minimum Gasteiger partial charge on any atom is -0.324 e. The SMILES string of the molecule is CC(C)[CH]C(N)c1ccccc1. The van der Waals surface area contributed by atoms with Gasteiger partial charge in [0.2, 0.25) is 0 Å². The first-order valence-electron chi connectivity index (χ1n) is 4.35. The first-order chi connectivity index (χ1) is 5.70. The predicted octanol–water partition coefficient (Wildman–Crippen LogP) is 2.55. The molecule has 0 aliphatic carbocycles. The van der Waals surface area contributed by atoms with E-state index in [9.17, 15) is 0 Å². The first kappa shape index (κ1) is 9.27. The molecule has 1 nitrogen and oxygen atoms in total.